The molecular weight excluding hydrogens is 400 g/mol. The third-order valence-electron chi connectivity index (χ3n) is 5.53. The summed E-state index contributed by atoms with van der Waals surface area (Å²) in [6.45, 7) is 6.22. The van der Waals surface area contributed by atoms with Gasteiger partial charge in [0.15, 0.2) is 5.65 Å². The van der Waals surface area contributed by atoms with Crippen LogP contribution in [0.15, 0.2) is 47.5 Å². The smallest absolute Gasteiger partial charge is 0.243 e. The van der Waals surface area contributed by atoms with Gasteiger partial charge >= 0.3 is 0 Å². The van der Waals surface area contributed by atoms with Crippen LogP contribution in [0.4, 0.5) is 0 Å². The fourth-order valence-corrected chi connectivity index (χ4v) is 5.64. The Morgan fingerprint density at radius 1 is 1.23 bits per heavy atom. The molecule has 1 aromatic carbocycles. The summed E-state index contributed by atoms with van der Waals surface area (Å²) in [7, 11) is -2.00. The summed E-state index contributed by atoms with van der Waals surface area (Å²) < 4.78 is 35.2. The van der Waals surface area contributed by atoms with Gasteiger partial charge in [0.25, 0.3) is 0 Å². The van der Waals surface area contributed by atoms with Crippen LogP contribution in [-0.4, -0.2) is 47.5 Å². The fraction of sp³-hybridized carbons (Fsp3) is 0.455. The number of ether oxygens (including phenoxy) is 1. The lowest BCUT2D eigenvalue weighted by Gasteiger charge is -2.17. The highest BCUT2D eigenvalue weighted by Gasteiger charge is 2.33. The summed E-state index contributed by atoms with van der Waals surface area (Å²) >= 11 is 0. The molecule has 0 N–H and O–H groups in total. The largest absolute Gasteiger partial charge is 0.497 e. The number of hydrogen-bond acceptors (Lipinski definition) is 5. The third kappa shape index (κ3) is 4.06. The molecule has 1 saturated heterocycles. The predicted molar refractivity (Wildman–Crippen MR) is 116 cm³/mol. The maximum Gasteiger partial charge on any atom is 0.243 e. The first-order valence-corrected chi connectivity index (χ1v) is 11.8. The molecule has 0 bridgehead atoms. The summed E-state index contributed by atoms with van der Waals surface area (Å²) in [6.07, 6.45) is 3.36. The SMILES string of the molecule is COc1cccc(S(=O)(=O)N2CCC(Cc3nc4cccnc4n3CC(C)C)C2)c1. The highest BCUT2D eigenvalue weighted by Crippen LogP contribution is 2.29. The summed E-state index contributed by atoms with van der Waals surface area (Å²) in [4.78, 5) is 9.61. The van der Waals surface area contributed by atoms with Gasteiger partial charge in [-0.05, 0) is 42.5 Å². The molecule has 3 heterocycles. The highest BCUT2D eigenvalue weighted by atomic mass is 32.2. The van der Waals surface area contributed by atoms with Gasteiger partial charge in [0.2, 0.25) is 10.0 Å². The highest BCUT2D eigenvalue weighted by molar-refractivity contribution is 7.89. The number of nitrogens with zero attached hydrogens (tertiary/aromatic N) is 4. The predicted octanol–water partition coefficient (Wildman–Crippen LogP) is 3.35. The normalized spacial score (nSPS) is 17.8. The van der Waals surface area contributed by atoms with E-state index in [0.29, 0.717) is 24.8 Å². The molecule has 1 atom stereocenters. The molecule has 1 aliphatic rings. The molecule has 2 aromatic heterocycles. The number of sulfonamides is 1. The molecule has 160 valence electrons. The van der Waals surface area contributed by atoms with E-state index < -0.39 is 10.0 Å². The molecule has 0 radical (unpaired) electrons. The molecular formula is C22H28N4O3S. The van der Waals surface area contributed by atoms with Crippen molar-refractivity contribution in [2.45, 2.75) is 38.1 Å². The molecule has 7 nitrogen and oxygen atoms in total. The molecule has 8 heteroatoms. The Morgan fingerprint density at radius 3 is 2.83 bits per heavy atom. The van der Waals surface area contributed by atoms with Gasteiger partial charge < -0.3 is 9.30 Å². The average molecular weight is 429 g/mol. The number of fused-ring (bicyclic) bond motifs is 1. The van der Waals surface area contributed by atoms with Crippen LogP contribution in [0, 0.1) is 11.8 Å². The summed E-state index contributed by atoms with van der Waals surface area (Å²) in [6, 6.07) is 10.5. The van der Waals surface area contributed by atoms with E-state index in [4.69, 9.17) is 9.72 Å². The molecule has 0 spiro atoms. The number of rotatable bonds is 7. The number of benzene rings is 1. The Kier molecular flexibility index (Phi) is 5.79. The second-order valence-corrected chi connectivity index (χ2v) is 10.2. The molecule has 0 amide bonds. The lowest BCUT2D eigenvalue weighted by Crippen LogP contribution is -2.29. The van der Waals surface area contributed by atoms with Gasteiger partial charge in [0, 0.05) is 38.3 Å². The van der Waals surface area contributed by atoms with Crippen molar-refractivity contribution in [1.82, 2.24) is 18.8 Å². The van der Waals surface area contributed by atoms with Crippen LogP contribution in [0.25, 0.3) is 11.2 Å². The second kappa shape index (κ2) is 8.35. The summed E-state index contributed by atoms with van der Waals surface area (Å²) in [5, 5.41) is 0. The minimum atomic E-state index is -3.54. The Labute approximate surface area is 177 Å². The van der Waals surface area contributed by atoms with Crippen molar-refractivity contribution in [2.75, 3.05) is 20.2 Å². The molecule has 0 aliphatic carbocycles. The fourth-order valence-electron chi connectivity index (χ4n) is 4.07. The van der Waals surface area contributed by atoms with Crippen molar-refractivity contribution in [3.8, 4) is 5.75 Å². The van der Waals surface area contributed by atoms with E-state index in [0.717, 1.165) is 36.4 Å². The quantitative estimate of drug-likeness (QED) is 0.577. The van der Waals surface area contributed by atoms with E-state index in [1.54, 1.807) is 34.8 Å². The van der Waals surface area contributed by atoms with E-state index in [1.807, 2.05) is 12.1 Å². The molecule has 0 saturated carbocycles. The number of methoxy groups -OCH3 is 1. The van der Waals surface area contributed by atoms with Gasteiger partial charge in [-0.1, -0.05) is 19.9 Å². The van der Waals surface area contributed by atoms with Gasteiger partial charge in [-0.15, -0.1) is 0 Å². The van der Waals surface area contributed by atoms with Crippen molar-refractivity contribution >= 4 is 21.2 Å². The van der Waals surface area contributed by atoms with Gasteiger partial charge in [-0.3, -0.25) is 0 Å². The van der Waals surface area contributed by atoms with E-state index in [9.17, 15) is 8.42 Å². The minimum Gasteiger partial charge on any atom is -0.497 e. The molecule has 3 aromatic rings. The van der Waals surface area contributed by atoms with Crippen LogP contribution >= 0.6 is 0 Å². The topological polar surface area (TPSA) is 77.3 Å². The number of pyridine rings is 1. The molecule has 1 aliphatic heterocycles. The van der Waals surface area contributed by atoms with Crippen LogP contribution < -0.4 is 4.74 Å². The van der Waals surface area contributed by atoms with E-state index in [-0.39, 0.29) is 10.8 Å². The lowest BCUT2D eigenvalue weighted by atomic mass is 10.0. The van der Waals surface area contributed by atoms with Crippen LogP contribution in [-0.2, 0) is 23.0 Å². The molecule has 4 rings (SSSR count). The first-order chi connectivity index (χ1) is 14.4. The summed E-state index contributed by atoms with van der Waals surface area (Å²) in [5.41, 5.74) is 1.80. The van der Waals surface area contributed by atoms with E-state index in [2.05, 4.69) is 23.4 Å². The van der Waals surface area contributed by atoms with Crippen LogP contribution in [0.3, 0.4) is 0 Å². The molecule has 1 unspecified atom stereocenters. The van der Waals surface area contributed by atoms with Gasteiger partial charge in [0.05, 0.1) is 12.0 Å². The van der Waals surface area contributed by atoms with Gasteiger partial charge in [-0.2, -0.15) is 4.31 Å². The maximum atomic E-state index is 13.1. The van der Waals surface area contributed by atoms with Gasteiger partial charge in [-0.25, -0.2) is 18.4 Å². The first kappa shape index (κ1) is 20.8. The van der Waals surface area contributed by atoms with Crippen molar-refractivity contribution in [2.24, 2.45) is 11.8 Å². The lowest BCUT2D eigenvalue weighted by molar-refractivity contribution is 0.412. The Morgan fingerprint density at radius 2 is 2.07 bits per heavy atom. The van der Waals surface area contributed by atoms with Crippen LogP contribution in [0.1, 0.15) is 26.1 Å². The zero-order chi connectivity index (χ0) is 21.3. The zero-order valence-corrected chi connectivity index (χ0v) is 18.5. The van der Waals surface area contributed by atoms with Crippen LogP contribution in [0.2, 0.25) is 0 Å². The monoisotopic (exact) mass is 428 g/mol. The first-order valence-electron chi connectivity index (χ1n) is 10.3. The summed E-state index contributed by atoms with van der Waals surface area (Å²) in [5.74, 6) is 2.23. The molecule has 30 heavy (non-hydrogen) atoms. The van der Waals surface area contributed by atoms with E-state index in [1.165, 1.54) is 7.11 Å². The Hall–Kier alpha value is -2.45. The maximum absolute atomic E-state index is 13.1. The Bertz CT molecular complexity index is 1140. The number of imidazole rings is 1. The van der Waals surface area contributed by atoms with Crippen molar-refractivity contribution in [3.63, 3.8) is 0 Å². The number of aromatic nitrogens is 3. The van der Waals surface area contributed by atoms with Gasteiger partial charge in [0.1, 0.15) is 17.1 Å². The third-order valence-corrected chi connectivity index (χ3v) is 7.39. The molecule has 1 fully saturated rings. The van der Waals surface area contributed by atoms with Crippen LogP contribution in [0.5, 0.6) is 5.75 Å². The average Bonchev–Trinajstić information content (AvgIpc) is 3.34. The number of hydrogen-bond donors (Lipinski definition) is 0. The van der Waals surface area contributed by atoms with E-state index >= 15 is 0 Å². The zero-order valence-electron chi connectivity index (χ0n) is 17.7. The van der Waals surface area contributed by atoms with Crippen molar-refractivity contribution in [3.05, 3.63) is 48.4 Å². The van der Waals surface area contributed by atoms with Crippen molar-refractivity contribution < 1.29 is 13.2 Å². The Balaban J connectivity index is 1.54. The minimum absolute atomic E-state index is 0.230. The standard InChI is InChI=1S/C22H28N4O3S/c1-16(2)14-26-21(24-20-8-5-10-23-22(20)26)12-17-9-11-25(15-17)30(27,28)19-7-4-6-18(13-19)29-3/h4-8,10,13,16-17H,9,11-12,14-15H2,1-3H3. The van der Waals surface area contributed by atoms with Crippen molar-refractivity contribution in [1.29, 1.82) is 0 Å². The second-order valence-electron chi connectivity index (χ2n) is 8.28.